The van der Waals surface area contributed by atoms with Crippen LogP contribution in [0.2, 0.25) is 0 Å². The minimum atomic E-state index is 0.199. The molecule has 1 aliphatic rings. The molecule has 1 saturated carbocycles. The molecule has 0 spiro atoms. The minimum Gasteiger partial charge on any atom is -0.396 e. The second-order valence-corrected chi connectivity index (χ2v) is 6.03. The smallest absolute Gasteiger partial charge is 0.0964 e. The summed E-state index contributed by atoms with van der Waals surface area (Å²) in [6, 6.07) is 0.614. The summed E-state index contributed by atoms with van der Waals surface area (Å²) >= 11 is 0. The van der Waals surface area contributed by atoms with Crippen molar-refractivity contribution in [1.29, 1.82) is 0 Å². The van der Waals surface area contributed by atoms with Crippen molar-refractivity contribution in [1.82, 2.24) is 20.3 Å². The number of aromatic nitrogens is 3. The second kappa shape index (κ2) is 5.80. The first kappa shape index (κ1) is 13.5. The summed E-state index contributed by atoms with van der Waals surface area (Å²) in [7, 11) is 0. The quantitative estimate of drug-likeness (QED) is 0.801. The van der Waals surface area contributed by atoms with E-state index < -0.39 is 0 Å². The van der Waals surface area contributed by atoms with Gasteiger partial charge < -0.3 is 10.4 Å². The van der Waals surface area contributed by atoms with Crippen molar-refractivity contribution in [3.8, 4) is 0 Å². The molecule has 0 amide bonds. The van der Waals surface area contributed by atoms with Crippen LogP contribution in [0.4, 0.5) is 0 Å². The Morgan fingerprint density at radius 1 is 1.56 bits per heavy atom. The molecule has 2 N–H and O–H groups in total. The largest absolute Gasteiger partial charge is 0.396 e. The van der Waals surface area contributed by atoms with Gasteiger partial charge in [0.05, 0.1) is 5.69 Å². The van der Waals surface area contributed by atoms with E-state index in [4.69, 9.17) is 5.11 Å². The highest BCUT2D eigenvalue weighted by Crippen LogP contribution is 2.36. The first-order valence-electron chi connectivity index (χ1n) is 6.82. The molecule has 5 heteroatoms. The van der Waals surface area contributed by atoms with Gasteiger partial charge in [0.2, 0.25) is 0 Å². The van der Waals surface area contributed by atoms with Gasteiger partial charge in [-0.25, -0.2) is 0 Å². The molecule has 0 aromatic carbocycles. The number of hydrogen-bond acceptors (Lipinski definition) is 4. The standard InChI is InChI=1S/C13H24N4O/c1-13(2)5-4-11(8-13)14-9-12-10-17(16-15-12)6-3-7-18/h10-11,14,18H,3-9H2,1-2H3. The molecule has 0 saturated heterocycles. The first-order chi connectivity index (χ1) is 8.59. The van der Waals surface area contributed by atoms with Crippen LogP contribution < -0.4 is 5.32 Å². The highest BCUT2D eigenvalue weighted by molar-refractivity contribution is 4.94. The highest BCUT2D eigenvalue weighted by Gasteiger charge is 2.30. The molecule has 1 aromatic rings. The summed E-state index contributed by atoms with van der Waals surface area (Å²) in [4.78, 5) is 0. The van der Waals surface area contributed by atoms with E-state index in [1.807, 2.05) is 6.20 Å². The average molecular weight is 252 g/mol. The fourth-order valence-electron chi connectivity index (χ4n) is 2.62. The number of hydrogen-bond donors (Lipinski definition) is 2. The molecule has 1 heterocycles. The number of nitrogens with zero attached hydrogens (tertiary/aromatic N) is 3. The van der Waals surface area contributed by atoms with Crippen molar-refractivity contribution in [2.24, 2.45) is 5.41 Å². The van der Waals surface area contributed by atoms with Crippen LogP contribution in [0, 0.1) is 5.41 Å². The SMILES string of the molecule is CC1(C)CCC(NCc2cn(CCCO)nn2)C1. The Hall–Kier alpha value is -0.940. The highest BCUT2D eigenvalue weighted by atomic mass is 16.3. The van der Waals surface area contributed by atoms with E-state index in [0.29, 0.717) is 11.5 Å². The summed E-state index contributed by atoms with van der Waals surface area (Å²) in [6.07, 6.45) is 6.49. The molecular weight excluding hydrogens is 228 g/mol. The van der Waals surface area contributed by atoms with E-state index >= 15 is 0 Å². The Morgan fingerprint density at radius 3 is 3.06 bits per heavy atom. The average Bonchev–Trinajstić information content (AvgIpc) is 2.90. The number of nitrogens with one attached hydrogen (secondary N) is 1. The lowest BCUT2D eigenvalue weighted by molar-refractivity contribution is 0.276. The number of aliphatic hydroxyl groups is 1. The van der Waals surface area contributed by atoms with Gasteiger partial charge in [0.25, 0.3) is 0 Å². The van der Waals surface area contributed by atoms with Crippen molar-refractivity contribution in [3.05, 3.63) is 11.9 Å². The third-order valence-corrected chi connectivity index (χ3v) is 3.67. The van der Waals surface area contributed by atoms with E-state index in [1.54, 1.807) is 4.68 Å². The van der Waals surface area contributed by atoms with Crippen LogP contribution in [-0.2, 0) is 13.1 Å². The summed E-state index contributed by atoms with van der Waals surface area (Å²) in [5.41, 5.74) is 1.47. The van der Waals surface area contributed by atoms with Crippen LogP contribution in [-0.4, -0.2) is 32.7 Å². The van der Waals surface area contributed by atoms with E-state index in [-0.39, 0.29) is 6.61 Å². The van der Waals surface area contributed by atoms with Crippen LogP contribution in [0.25, 0.3) is 0 Å². The Labute approximate surface area is 109 Å². The molecular formula is C13H24N4O. The van der Waals surface area contributed by atoms with Gasteiger partial charge in [0.1, 0.15) is 0 Å². The Bertz CT molecular complexity index is 375. The maximum Gasteiger partial charge on any atom is 0.0964 e. The van der Waals surface area contributed by atoms with E-state index in [9.17, 15) is 0 Å². The predicted octanol–water partition coefficient (Wildman–Crippen LogP) is 1.33. The van der Waals surface area contributed by atoms with Crippen molar-refractivity contribution in [2.45, 2.75) is 58.7 Å². The van der Waals surface area contributed by atoms with Crippen molar-refractivity contribution in [3.63, 3.8) is 0 Å². The van der Waals surface area contributed by atoms with Crippen LogP contribution in [0.15, 0.2) is 6.20 Å². The maximum atomic E-state index is 8.76. The minimum absolute atomic E-state index is 0.199. The van der Waals surface area contributed by atoms with Crippen LogP contribution in [0.1, 0.15) is 45.2 Å². The van der Waals surface area contributed by atoms with Crippen LogP contribution >= 0.6 is 0 Å². The molecule has 1 atom stereocenters. The molecule has 1 fully saturated rings. The molecule has 0 radical (unpaired) electrons. The van der Waals surface area contributed by atoms with Gasteiger partial charge >= 0.3 is 0 Å². The number of rotatable bonds is 6. The van der Waals surface area contributed by atoms with Crippen molar-refractivity contribution >= 4 is 0 Å². The first-order valence-corrected chi connectivity index (χ1v) is 6.82. The third-order valence-electron chi connectivity index (χ3n) is 3.67. The molecule has 5 nitrogen and oxygen atoms in total. The van der Waals surface area contributed by atoms with Gasteiger partial charge in [0, 0.05) is 31.9 Å². The Kier molecular flexibility index (Phi) is 4.35. The molecule has 2 rings (SSSR count). The lowest BCUT2D eigenvalue weighted by Crippen LogP contribution is -2.27. The van der Waals surface area contributed by atoms with Crippen molar-refractivity contribution < 1.29 is 5.11 Å². The zero-order valence-corrected chi connectivity index (χ0v) is 11.4. The maximum absolute atomic E-state index is 8.76. The van der Waals surface area contributed by atoms with Crippen molar-refractivity contribution in [2.75, 3.05) is 6.61 Å². The second-order valence-electron chi connectivity index (χ2n) is 6.03. The van der Waals surface area contributed by atoms with Crippen LogP contribution in [0.5, 0.6) is 0 Å². The zero-order chi connectivity index (χ0) is 13.0. The number of aryl methyl sites for hydroxylation is 1. The predicted molar refractivity (Wildman–Crippen MR) is 70.0 cm³/mol. The van der Waals surface area contributed by atoms with E-state index in [0.717, 1.165) is 25.2 Å². The lowest BCUT2D eigenvalue weighted by atomic mass is 9.92. The third kappa shape index (κ3) is 3.78. The summed E-state index contributed by atoms with van der Waals surface area (Å²) in [5, 5.41) is 20.5. The molecule has 1 unspecified atom stereocenters. The van der Waals surface area contributed by atoms with Crippen LogP contribution in [0.3, 0.4) is 0 Å². The van der Waals surface area contributed by atoms with Gasteiger partial charge in [-0.1, -0.05) is 19.1 Å². The van der Waals surface area contributed by atoms with Gasteiger partial charge in [-0.15, -0.1) is 5.10 Å². The Morgan fingerprint density at radius 2 is 2.39 bits per heavy atom. The molecule has 1 aromatic heterocycles. The normalized spacial score (nSPS) is 22.5. The fourth-order valence-corrected chi connectivity index (χ4v) is 2.62. The lowest BCUT2D eigenvalue weighted by Gasteiger charge is -2.17. The molecule has 1 aliphatic carbocycles. The monoisotopic (exact) mass is 252 g/mol. The van der Waals surface area contributed by atoms with E-state index in [1.165, 1.54) is 19.3 Å². The summed E-state index contributed by atoms with van der Waals surface area (Å²) < 4.78 is 1.80. The molecule has 0 aliphatic heterocycles. The number of aliphatic hydroxyl groups excluding tert-OH is 1. The van der Waals surface area contributed by atoms with Gasteiger partial charge in [-0.3, -0.25) is 4.68 Å². The van der Waals surface area contributed by atoms with E-state index in [2.05, 4.69) is 29.5 Å². The van der Waals surface area contributed by atoms with Gasteiger partial charge in [-0.05, 0) is 31.1 Å². The summed E-state index contributed by atoms with van der Waals surface area (Å²) in [6.45, 7) is 6.39. The summed E-state index contributed by atoms with van der Waals surface area (Å²) in [5.74, 6) is 0. The van der Waals surface area contributed by atoms with Gasteiger partial charge in [-0.2, -0.15) is 0 Å². The zero-order valence-electron chi connectivity index (χ0n) is 11.4. The topological polar surface area (TPSA) is 63.0 Å². The molecule has 18 heavy (non-hydrogen) atoms. The Balaban J connectivity index is 1.75. The molecule has 0 bridgehead atoms. The molecule has 102 valence electrons. The fraction of sp³-hybridized carbons (Fsp3) is 0.846. The van der Waals surface area contributed by atoms with Gasteiger partial charge in [0.15, 0.2) is 0 Å².